The molecule has 2 atom stereocenters. The molecule has 0 aromatic heterocycles. The Morgan fingerprint density at radius 1 is 1.30 bits per heavy atom. The van der Waals surface area contributed by atoms with Gasteiger partial charge in [0.1, 0.15) is 0 Å². The highest BCUT2D eigenvalue weighted by Crippen LogP contribution is 2.36. The number of hydrogen-bond acceptors (Lipinski definition) is 4. The summed E-state index contributed by atoms with van der Waals surface area (Å²) in [6.45, 7) is 0. The molecule has 0 saturated carbocycles. The zero-order chi connectivity index (χ0) is 15.1. The fraction of sp³-hybridized carbons (Fsp3) is 0.455. The number of aliphatic hydroxyl groups excluding tert-OH is 1. The summed E-state index contributed by atoms with van der Waals surface area (Å²) in [6.07, 6.45) is -5.75. The molecule has 4 nitrogen and oxygen atoms in total. The molecule has 0 spiro atoms. The summed E-state index contributed by atoms with van der Waals surface area (Å²) in [6, 6.07) is 2.33. The second kappa shape index (κ2) is 5.09. The van der Waals surface area contributed by atoms with E-state index in [0.717, 1.165) is 12.1 Å². The summed E-state index contributed by atoms with van der Waals surface area (Å²) >= 11 is 5.48. The van der Waals surface area contributed by atoms with Crippen LogP contribution in [0.5, 0.6) is 0 Å². The maximum atomic E-state index is 12.7. The molecule has 112 valence electrons. The van der Waals surface area contributed by atoms with Gasteiger partial charge in [0.05, 0.1) is 34.2 Å². The first-order valence-corrected chi connectivity index (χ1v) is 7.80. The zero-order valence-electron chi connectivity index (χ0n) is 9.98. The lowest BCUT2D eigenvalue weighted by Crippen LogP contribution is -2.31. The molecule has 1 fully saturated rings. The van der Waals surface area contributed by atoms with Gasteiger partial charge in [-0.2, -0.15) is 13.2 Å². The zero-order valence-corrected chi connectivity index (χ0v) is 11.6. The number of benzene rings is 1. The molecule has 1 aliphatic rings. The standard InChI is InChI=1S/C11H11ClF3NO3S/c12-8-2-1-6(3-7(8)11(13,14)15)16-9-4-20(18,19)5-10(9)17/h1-3,9-10,16-17H,4-5H2. The summed E-state index contributed by atoms with van der Waals surface area (Å²) < 4.78 is 60.7. The van der Waals surface area contributed by atoms with Crippen LogP contribution in [-0.4, -0.2) is 37.2 Å². The van der Waals surface area contributed by atoms with Crippen molar-refractivity contribution in [2.45, 2.75) is 18.3 Å². The summed E-state index contributed by atoms with van der Waals surface area (Å²) in [5.41, 5.74) is -0.956. The van der Waals surface area contributed by atoms with Gasteiger partial charge in [0.2, 0.25) is 0 Å². The predicted molar refractivity (Wildman–Crippen MR) is 68.5 cm³/mol. The number of nitrogens with one attached hydrogen (secondary N) is 1. The minimum absolute atomic E-state index is 0.0582. The van der Waals surface area contributed by atoms with Crippen LogP contribution in [0.3, 0.4) is 0 Å². The lowest BCUT2D eigenvalue weighted by atomic mass is 10.1. The molecule has 1 aromatic rings. The number of alkyl halides is 3. The Balaban J connectivity index is 2.23. The Morgan fingerprint density at radius 3 is 2.45 bits per heavy atom. The van der Waals surface area contributed by atoms with Crippen LogP contribution in [0.4, 0.5) is 18.9 Å². The van der Waals surface area contributed by atoms with Crippen LogP contribution in [0.1, 0.15) is 5.56 Å². The molecular formula is C11H11ClF3NO3S. The molecule has 0 amide bonds. The molecule has 0 bridgehead atoms. The fourth-order valence-corrected chi connectivity index (χ4v) is 3.98. The molecule has 2 rings (SSSR count). The monoisotopic (exact) mass is 329 g/mol. The topological polar surface area (TPSA) is 66.4 Å². The fourth-order valence-electron chi connectivity index (χ4n) is 2.01. The lowest BCUT2D eigenvalue weighted by Gasteiger charge is -2.18. The van der Waals surface area contributed by atoms with E-state index in [-0.39, 0.29) is 11.4 Å². The number of halogens is 4. The van der Waals surface area contributed by atoms with Crippen LogP contribution in [0.25, 0.3) is 0 Å². The number of sulfone groups is 1. The first-order chi connectivity index (χ1) is 9.08. The molecule has 9 heteroatoms. The third-order valence-corrected chi connectivity index (χ3v) is 4.99. The molecule has 2 unspecified atom stereocenters. The molecule has 1 saturated heterocycles. The maximum Gasteiger partial charge on any atom is 0.417 e. The lowest BCUT2D eigenvalue weighted by molar-refractivity contribution is -0.137. The Kier molecular flexibility index (Phi) is 3.92. The van der Waals surface area contributed by atoms with E-state index in [1.54, 1.807) is 0 Å². The third-order valence-electron chi connectivity index (χ3n) is 2.95. The van der Waals surface area contributed by atoms with Gasteiger partial charge in [0.25, 0.3) is 0 Å². The van der Waals surface area contributed by atoms with Gasteiger partial charge in [-0.05, 0) is 18.2 Å². The number of aliphatic hydroxyl groups is 1. The smallest absolute Gasteiger partial charge is 0.390 e. The van der Waals surface area contributed by atoms with Gasteiger partial charge in [0, 0.05) is 5.69 Å². The van der Waals surface area contributed by atoms with E-state index in [9.17, 15) is 26.7 Å². The second-order valence-corrected chi connectivity index (χ2v) is 7.15. The van der Waals surface area contributed by atoms with Gasteiger partial charge in [-0.15, -0.1) is 0 Å². The average molecular weight is 330 g/mol. The Morgan fingerprint density at radius 2 is 1.95 bits per heavy atom. The van der Waals surface area contributed by atoms with Gasteiger partial charge < -0.3 is 10.4 Å². The van der Waals surface area contributed by atoms with Crippen molar-refractivity contribution in [3.05, 3.63) is 28.8 Å². The van der Waals surface area contributed by atoms with E-state index in [0.29, 0.717) is 0 Å². The van der Waals surface area contributed by atoms with Crippen LogP contribution in [0.15, 0.2) is 18.2 Å². The third kappa shape index (κ3) is 3.36. The average Bonchev–Trinajstić information content (AvgIpc) is 2.53. The van der Waals surface area contributed by atoms with Crippen molar-refractivity contribution < 1.29 is 26.7 Å². The van der Waals surface area contributed by atoms with Crippen LogP contribution in [0, 0.1) is 0 Å². The highest BCUT2D eigenvalue weighted by molar-refractivity contribution is 7.91. The Labute approximate surface area is 118 Å². The predicted octanol–water partition coefficient (Wildman–Crippen LogP) is 1.93. The van der Waals surface area contributed by atoms with Crippen LogP contribution in [-0.2, 0) is 16.0 Å². The van der Waals surface area contributed by atoms with Crippen molar-refractivity contribution in [2.75, 3.05) is 16.8 Å². The molecule has 1 heterocycles. The number of hydrogen-bond donors (Lipinski definition) is 2. The van der Waals surface area contributed by atoms with E-state index >= 15 is 0 Å². The Bertz CT molecular complexity index is 618. The van der Waals surface area contributed by atoms with Gasteiger partial charge >= 0.3 is 6.18 Å². The second-order valence-electron chi connectivity index (χ2n) is 4.59. The van der Waals surface area contributed by atoms with E-state index in [1.165, 1.54) is 6.07 Å². The minimum atomic E-state index is -4.60. The Hall–Kier alpha value is -0.990. The SMILES string of the molecule is O=S1(=O)CC(O)C(Nc2ccc(Cl)c(C(F)(F)F)c2)C1. The van der Waals surface area contributed by atoms with Crippen molar-refractivity contribution in [2.24, 2.45) is 0 Å². The first kappa shape index (κ1) is 15.4. The first-order valence-electron chi connectivity index (χ1n) is 5.60. The van der Waals surface area contributed by atoms with E-state index < -0.39 is 44.5 Å². The molecule has 0 aliphatic carbocycles. The summed E-state index contributed by atoms with van der Waals surface area (Å²) in [5.74, 6) is -0.720. The maximum absolute atomic E-state index is 12.7. The molecule has 1 aliphatic heterocycles. The quantitative estimate of drug-likeness (QED) is 0.870. The molecule has 0 radical (unpaired) electrons. The van der Waals surface area contributed by atoms with E-state index in [4.69, 9.17) is 11.6 Å². The van der Waals surface area contributed by atoms with E-state index in [1.807, 2.05) is 0 Å². The van der Waals surface area contributed by atoms with Crippen molar-refractivity contribution in [3.63, 3.8) is 0 Å². The highest BCUT2D eigenvalue weighted by Gasteiger charge is 2.37. The van der Waals surface area contributed by atoms with Crippen molar-refractivity contribution in [1.82, 2.24) is 0 Å². The van der Waals surface area contributed by atoms with Crippen molar-refractivity contribution >= 4 is 27.1 Å². The van der Waals surface area contributed by atoms with Crippen molar-refractivity contribution in [1.29, 1.82) is 0 Å². The van der Waals surface area contributed by atoms with Gasteiger partial charge in [-0.25, -0.2) is 8.42 Å². The molecular weight excluding hydrogens is 319 g/mol. The highest BCUT2D eigenvalue weighted by atomic mass is 35.5. The van der Waals surface area contributed by atoms with Gasteiger partial charge in [-0.1, -0.05) is 11.6 Å². The largest absolute Gasteiger partial charge is 0.417 e. The molecule has 2 N–H and O–H groups in total. The summed E-state index contributed by atoms with van der Waals surface area (Å²) in [4.78, 5) is 0. The summed E-state index contributed by atoms with van der Waals surface area (Å²) in [7, 11) is -3.37. The molecule has 1 aromatic carbocycles. The van der Waals surface area contributed by atoms with Crippen molar-refractivity contribution in [3.8, 4) is 0 Å². The normalized spacial score (nSPS) is 25.6. The van der Waals surface area contributed by atoms with Crippen LogP contribution < -0.4 is 5.32 Å². The van der Waals surface area contributed by atoms with Gasteiger partial charge in [-0.3, -0.25) is 0 Å². The van der Waals surface area contributed by atoms with Gasteiger partial charge in [0.15, 0.2) is 9.84 Å². The minimum Gasteiger partial charge on any atom is -0.390 e. The number of rotatable bonds is 2. The molecule has 20 heavy (non-hydrogen) atoms. The number of anilines is 1. The van der Waals surface area contributed by atoms with E-state index in [2.05, 4.69) is 5.32 Å². The van der Waals surface area contributed by atoms with Crippen LogP contribution >= 0.6 is 11.6 Å². The van der Waals surface area contributed by atoms with Crippen LogP contribution in [0.2, 0.25) is 5.02 Å². The summed E-state index contributed by atoms with van der Waals surface area (Å²) in [5, 5.41) is 11.7.